The molecule has 2 fully saturated rings. The van der Waals surface area contributed by atoms with Gasteiger partial charge in [-0.25, -0.2) is 4.99 Å². The average molecular weight is 267 g/mol. The van der Waals surface area contributed by atoms with Crippen LogP contribution in [0.2, 0.25) is 0 Å². The maximum atomic E-state index is 11.9. The molecular weight excluding hydrogens is 246 g/mol. The Kier molecular flexibility index (Phi) is 3.27. The minimum absolute atomic E-state index is 0.0419. The van der Waals surface area contributed by atoms with Gasteiger partial charge in [-0.1, -0.05) is 18.2 Å². The number of nitrogens with zero attached hydrogens (tertiary/aromatic N) is 1. The summed E-state index contributed by atoms with van der Waals surface area (Å²) in [6.45, 7) is 1.97. The predicted molar refractivity (Wildman–Crippen MR) is 73.7 cm³/mol. The molecule has 3 aliphatic rings. The van der Waals surface area contributed by atoms with E-state index in [0.717, 1.165) is 29.2 Å². The number of thioether (sulfide) groups is 1. The summed E-state index contributed by atoms with van der Waals surface area (Å²) < 4.78 is -0.498. The van der Waals surface area contributed by atoms with Crippen LogP contribution in [0.15, 0.2) is 4.99 Å². The van der Waals surface area contributed by atoms with E-state index in [1.165, 1.54) is 25.7 Å². The Morgan fingerprint density at radius 2 is 2.28 bits per heavy atom. The molecule has 0 saturated heterocycles. The third kappa shape index (κ3) is 2.14. The molecule has 1 N–H and O–H groups in total. The minimum atomic E-state index is -0.498. The van der Waals surface area contributed by atoms with Gasteiger partial charge >= 0.3 is 0 Å². The molecule has 1 amide bonds. The molecule has 0 radical (unpaired) electrons. The summed E-state index contributed by atoms with van der Waals surface area (Å²) in [5.41, 5.74) is 0. The first kappa shape index (κ1) is 12.7. The van der Waals surface area contributed by atoms with Gasteiger partial charge in [-0.05, 0) is 56.8 Å². The van der Waals surface area contributed by atoms with Crippen LogP contribution >= 0.6 is 11.8 Å². The fraction of sp³-hybridized carbons (Fsp3) is 0.857. The molecule has 3 nitrogen and oxygen atoms in total. The highest BCUT2D eigenvalue weighted by molar-refractivity contribution is 8.16. The van der Waals surface area contributed by atoms with Crippen LogP contribution in [0.25, 0.3) is 0 Å². The molecule has 4 heteroatoms. The molecule has 2 saturated carbocycles. The summed E-state index contributed by atoms with van der Waals surface area (Å²) in [6.07, 6.45) is 7.06. The van der Waals surface area contributed by atoms with Crippen LogP contribution in [0.5, 0.6) is 0 Å². The number of rotatable bonds is 4. The normalized spacial score (nSPS) is 42.7. The van der Waals surface area contributed by atoms with Gasteiger partial charge in [0.15, 0.2) is 0 Å². The van der Waals surface area contributed by atoms with Gasteiger partial charge in [0.2, 0.25) is 0 Å². The van der Waals surface area contributed by atoms with E-state index in [1.54, 1.807) is 11.8 Å². The van der Waals surface area contributed by atoms with Gasteiger partial charge in [0.05, 0.1) is 5.04 Å². The van der Waals surface area contributed by atoms with Crippen molar-refractivity contribution in [2.75, 3.05) is 6.61 Å². The second kappa shape index (κ2) is 4.64. The van der Waals surface area contributed by atoms with Crippen LogP contribution < -0.4 is 0 Å². The number of hydrogen-bond donors (Lipinski definition) is 1. The molecule has 1 heterocycles. The number of carbonyl (C=O) groups excluding carboxylic acids is 1. The van der Waals surface area contributed by atoms with Gasteiger partial charge in [0.1, 0.15) is 4.75 Å². The van der Waals surface area contributed by atoms with Crippen LogP contribution in [0, 0.1) is 17.8 Å². The number of amides is 1. The molecular formula is C14H21NO2S. The van der Waals surface area contributed by atoms with Gasteiger partial charge in [-0.15, -0.1) is 0 Å². The molecule has 0 aromatic rings. The summed E-state index contributed by atoms with van der Waals surface area (Å²) in [4.78, 5) is 16.1. The van der Waals surface area contributed by atoms with Crippen LogP contribution in [0.4, 0.5) is 0 Å². The summed E-state index contributed by atoms with van der Waals surface area (Å²) in [6, 6.07) is 0. The SMILES string of the molecule is CC1(CCO)SC(CC2CC3CCC2C3)=NC1=O. The van der Waals surface area contributed by atoms with E-state index >= 15 is 0 Å². The quantitative estimate of drug-likeness (QED) is 0.852. The van der Waals surface area contributed by atoms with Crippen LogP contribution in [0.3, 0.4) is 0 Å². The molecule has 2 bridgehead atoms. The van der Waals surface area contributed by atoms with Crippen molar-refractivity contribution in [3.63, 3.8) is 0 Å². The molecule has 0 aromatic carbocycles. The first-order chi connectivity index (χ1) is 8.60. The highest BCUT2D eigenvalue weighted by atomic mass is 32.2. The van der Waals surface area contributed by atoms with Crippen molar-refractivity contribution >= 4 is 22.7 Å². The van der Waals surface area contributed by atoms with Gasteiger partial charge in [0, 0.05) is 6.61 Å². The summed E-state index contributed by atoms with van der Waals surface area (Å²) in [5.74, 6) is 2.56. The second-order valence-corrected chi connectivity index (χ2v) is 7.83. The molecule has 100 valence electrons. The Bertz CT molecular complexity index is 395. The number of aliphatic hydroxyl groups is 1. The molecule has 4 unspecified atom stereocenters. The van der Waals surface area contributed by atoms with Crippen molar-refractivity contribution in [3.8, 4) is 0 Å². The van der Waals surface area contributed by atoms with Gasteiger partial charge in [-0.2, -0.15) is 0 Å². The molecule has 1 aliphatic heterocycles. The molecule has 18 heavy (non-hydrogen) atoms. The Morgan fingerprint density at radius 3 is 2.89 bits per heavy atom. The van der Waals surface area contributed by atoms with Gasteiger partial charge in [-0.3, -0.25) is 4.79 Å². The average Bonchev–Trinajstić information content (AvgIpc) is 2.96. The summed E-state index contributed by atoms with van der Waals surface area (Å²) in [7, 11) is 0. The lowest BCUT2D eigenvalue weighted by Gasteiger charge is -2.22. The second-order valence-electron chi connectivity index (χ2n) is 6.26. The van der Waals surface area contributed by atoms with Gasteiger partial charge in [0.25, 0.3) is 5.91 Å². The van der Waals surface area contributed by atoms with Crippen LogP contribution in [-0.4, -0.2) is 27.4 Å². The first-order valence-electron chi connectivity index (χ1n) is 7.02. The zero-order chi connectivity index (χ0) is 12.8. The fourth-order valence-electron chi connectivity index (χ4n) is 3.87. The highest BCUT2D eigenvalue weighted by Gasteiger charge is 2.44. The number of hydrogen-bond acceptors (Lipinski definition) is 3. The highest BCUT2D eigenvalue weighted by Crippen LogP contribution is 2.51. The van der Waals surface area contributed by atoms with E-state index in [-0.39, 0.29) is 12.5 Å². The van der Waals surface area contributed by atoms with Crippen molar-refractivity contribution < 1.29 is 9.90 Å². The van der Waals surface area contributed by atoms with Crippen molar-refractivity contribution in [2.24, 2.45) is 22.7 Å². The van der Waals surface area contributed by atoms with E-state index in [4.69, 9.17) is 5.11 Å². The molecule has 0 aromatic heterocycles. The Labute approximate surface area is 112 Å². The third-order valence-electron chi connectivity index (χ3n) is 4.93. The van der Waals surface area contributed by atoms with Crippen LogP contribution in [0.1, 0.15) is 45.4 Å². The predicted octanol–water partition coefficient (Wildman–Crippen LogP) is 2.63. The Balaban J connectivity index is 1.62. The summed E-state index contributed by atoms with van der Waals surface area (Å²) >= 11 is 1.60. The zero-order valence-corrected chi connectivity index (χ0v) is 11.7. The van der Waals surface area contributed by atoms with Crippen molar-refractivity contribution in [1.29, 1.82) is 0 Å². The number of fused-ring (bicyclic) bond motifs is 2. The standard InChI is InChI=1S/C14H21NO2S/c1-14(4-5-16)13(17)15-12(18-14)8-11-7-9-2-3-10(11)6-9/h9-11,16H,2-8H2,1H3. The van der Waals surface area contributed by atoms with E-state index in [0.29, 0.717) is 6.42 Å². The van der Waals surface area contributed by atoms with Crippen molar-refractivity contribution in [3.05, 3.63) is 0 Å². The maximum absolute atomic E-state index is 11.9. The minimum Gasteiger partial charge on any atom is -0.396 e. The Morgan fingerprint density at radius 1 is 1.44 bits per heavy atom. The first-order valence-corrected chi connectivity index (χ1v) is 7.84. The monoisotopic (exact) mass is 267 g/mol. The number of carbonyl (C=O) groups is 1. The molecule has 0 spiro atoms. The number of aliphatic imine (C=N–C) groups is 1. The topological polar surface area (TPSA) is 49.7 Å². The van der Waals surface area contributed by atoms with E-state index < -0.39 is 4.75 Å². The smallest absolute Gasteiger partial charge is 0.262 e. The lowest BCUT2D eigenvalue weighted by molar-refractivity contribution is -0.119. The fourth-order valence-corrected chi connectivity index (χ4v) is 5.14. The maximum Gasteiger partial charge on any atom is 0.262 e. The lowest BCUT2D eigenvalue weighted by atomic mass is 9.87. The largest absolute Gasteiger partial charge is 0.396 e. The van der Waals surface area contributed by atoms with Crippen molar-refractivity contribution in [1.82, 2.24) is 0 Å². The molecule has 3 rings (SSSR count). The van der Waals surface area contributed by atoms with E-state index in [2.05, 4.69) is 4.99 Å². The van der Waals surface area contributed by atoms with Gasteiger partial charge < -0.3 is 5.11 Å². The zero-order valence-electron chi connectivity index (χ0n) is 10.9. The Hall–Kier alpha value is -0.350. The van der Waals surface area contributed by atoms with E-state index in [1.807, 2.05) is 6.92 Å². The molecule has 2 aliphatic carbocycles. The van der Waals surface area contributed by atoms with E-state index in [9.17, 15) is 4.79 Å². The third-order valence-corrected chi connectivity index (χ3v) is 6.25. The molecule has 4 atom stereocenters. The summed E-state index contributed by atoms with van der Waals surface area (Å²) in [5, 5.41) is 10.1. The van der Waals surface area contributed by atoms with Crippen molar-refractivity contribution in [2.45, 2.75) is 50.2 Å². The van der Waals surface area contributed by atoms with Crippen LogP contribution in [-0.2, 0) is 4.79 Å². The number of aliphatic hydroxyl groups excluding tert-OH is 1. The lowest BCUT2D eigenvalue weighted by Crippen LogP contribution is -2.28.